The van der Waals surface area contributed by atoms with Gasteiger partial charge in [0.2, 0.25) is 11.8 Å². The van der Waals surface area contributed by atoms with Gasteiger partial charge in [-0.1, -0.05) is 71.3 Å². The molecular weight excluding hydrogens is 422 g/mol. The van der Waals surface area contributed by atoms with Crippen LogP contribution in [0.5, 0.6) is 0 Å². The molecule has 0 radical (unpaired) electrons. The maximum absolute atomic E-state index is 13.3. The summed E-state index contributed by atoms with van der Waals surface area (Å²) < 4.78 is 2.13. The van der Waals surface area contributed by atoms with Crippen LogP contribution in [0, 0.1) is 17.8 Å². The fourth-order valence-corrected chi connectivity index (χ4v) is 3.95. The zero-order valence-electron chi connectivity index (χ0n) is 20.3. The summed E-state index contributed by atoms with van der Waals surface area (Å²) in [6.45, 7) is 14.6. The first-order chi connectivity index (χ1) is 15.1. The number of hydrogen-bond acceptors (Lipinski definition) is 2. The van der Waals surface area contributed by atoms with Gasteiger partial charge in [0.25, 0.3) is 0 Å². The largest absolute Gasteiger partial charge is 0.345 e. The minimum Gasteiger partial charge on any atom is -0.345 e. The molecule has 2 aromatic rings. The summed E-state index contributed by atoms with van der Waals surface area (Å²) in [6, 6.07) is 11.9. The Bertz CT molecular complexity index is 889. The van der Waals surface area contributed by atoms with E-state index in [-0.39, 0.29) is 24.3 Å². The number of aromatic nitrogens is 1. The molecule has 0 spiro atoms. The van der Waals surface area contributed by atoms with Crippen molar-refractivity contribution in [2.45, 2.75) is 54.6 Å². The molecule has 1 aromatic heterocycles. The normalized spacial score (nSPS) is 11.4. The number of rotatable bonds is 11. The van der Waals surface area contributed by atoms with Crippen LogP contribution in [-0.4, -0.2) is 45.8 Å². The number of nitrogens with zero attached hydrogens (tertiary/aromatic N) is 3. The Morgan fingerprint density at radius 2 is 1.53 bits per heavy atom. The second-order valence-corrected chi connectivity index (χ2v) is 10.1. The molecule has 0 aliphatic heterocycles. The molecule has 0 aliphatic rings. The highest BCUT2D eigenvalue weighted by molar-refractivity contribution is 6.31. The average Bonchev–Trinajstić information content (AvgIpc) is 3.14. The van der Waals surface area contributed by atoms with Crippen molar-refractivity contribution in [3.05, 3.63) is 58.9 Å². The van der Waals surface area contributed by atoms with E-state index in [0.717, 1.165) is 16.3 Å². The third kappa shape index (κ3) is 7.70. The fraction of sp³-hybridized carbons (Fsp3) is 0.538. The number of carbonyl (C=O) groups is 2. The van der Waals surface area contributed by atoms with Crippen molar-refractivity contribution >= 4 is 23.4 Å². The van der Waals surface area contributed by atoms with E-state index in [9.17, 15) is 9.59 Å². The smallest absolute Gasteiger partial charge is 0.242 e. The molecule has 0 fully saturated rings. The van der Waals surface area contributed by atoms with Crippen LogP contribution in [-0.2, 0) is 22.7 Å². The highest BCUT2D eigenvalue weighted by Gasteiger charge is 2.24. The molecule has 5 nitrogen and oxygen atoms in total. The topological polar surface area (TPSA) is 45.6 Å². The Morgan fingerprint density at radius 1 is 0.906 bits per heavy atom. The molecule has 0 saturated carbocycles. The van der Waals surface area contributed by atoms with Gasteiger partial charge in [-0.25, -0.2) is 0 Å². The molecule has 0 atom stereocenters. The van der Waals surface area contributed by atoms with Crippen molar-refractivity contribution < 1.29 is 9.59 Å². The summed E-state index contributed by atoms with van der Waals surface area (Å²) in [5.74, 6) is 0.507. The van der Waals surface area contributed by atoms with E-state index in [1.54, 1.807) is 4.90 Å². The van der Waals surface area contributed by atoms with E-state index in [1.807, 2.05) is 61.3 Å². The first-order valence-corrected chi connectivity index (χ1v) is 11.9. The lowest BCUT2D eigenvalue weighted by Gasteiger charge is -2.31. The SMILES string of the molecule is CC(C)CN(Cc1cccn1Cc1ccccc1Cl)C(=O)CN(CC(C)C)C(=O)C(C)C. The second-order valence-electron chi connectivity index (χ2n) is 9.65. The maximum atomic E-state index is 13.3. The lowest BCUT2D eigenvalue weighted by Crippen LogP contribution is -2.46. The molecule has 1 heterocycles. The van der Waals surface area contributed by atoms with Crippen LogP contribution in [0.2, 0.25) is 5.02 Å². The van der Waals surface area contributed by atoms with Gasteiger partial charge in [-0.2, -0.15) is 0 Å². The van der Waals surface area contributed by atoms with Crippen molar-refractivity contribution in [3.63, 3.8) is 0 Å². The minimum atomic E-state index is -0.132. The Kier molecular flexibility index (Phi) is 9.83. The van der Waals surface area contributed by atoms with Gasteiger partial charge in [0, 0.05) is 42.5 Å². The molecule has 176 valence electrons. The van der Waals surface area contributed by atoms with E-state index in [2.05, 4.69) is 32.3 Å². The number of benzene rings is 1. The standard InChI is InChI=1S/C26H38ClN3O2/c1-19(2)14-29(25(31)18-30(15-20(3)4)26(32)21(5)6)17-23-11-9-13-28(23)16-22-10-7-8-12-24(22)27/h7-13,19-21H,14-18H2,1-6H3. The molecule has 2 rings (SSSR count). The Morgan fingerprint density at radius 3 is 2.12 bits per heavy atom. The van der Waals surface area contributed by atoms with E-state index in [1.165, 1.54) is 0 Å². The molecule has 6 heteroatoms. The molecule has 1 aromatic carbocycles. The van der Waals surface area contributed by atoms with Crippen LogP contribution in [0.1, 0.15) is 52.8 Å². The Balaban J connectivity index is 2.20. The molecule has 0 aliphatic carbocycles. The van der Waals surface area contributed by atoms with Crippen LogP contribution in [0.4, 0.5) is 0 Å². The van der Waals surface area contributed by atoms with Gasteiger partial charge >= 0.3 is 0 Å². The monoisotopic (exact) mass is 459 g/mol. The maximum Gasteiger partial charge on any atom is 0.242 e. The molecule has 0 saturated heterocycles. The van der Waals surface area contributed by atoms with Crippen LogP contribution in [0.3, 0.4) is 0 Å². The first kappa shape index (κ1) is 26.0. The van der Waals surface area contributed by atoms with Gasteiger partial charge in [0.05, 0.1) is 13.1 Å². The van der Waals surface area contributed by atoms with E-state index >= 15 is 0 Å². The average molecular weight is 460 g/mol. The molecule has 0 N–H and O–H groups in total. The highest BCUT2D eigenvalue weighted by atomic mass is 35.5. The molecule has 0 unspecified atom stereocenters. The van der Waals surface area contributed by atoms with Gasteiger partial charge < -0.3 is 14.4 Å². The van der Waals surface area contributed by atoms with Crippen molar-refractivity contribution in [3.8, 4) is 0 Å². The first-order valence-electron chi connectivity index (χ1n) is 11.5. The highest BCUT2D eigenvalue weighted by Crippen LogP contribution is 2.19. The van der Waals surface area contributed by atoms with Gasteiger partial charge in [0.15, 0.2) is 0 Å². The predicted molar refractivity (Wildman–Crippen MR) is 131 cm³/mol. The minimum absolute atomic E-state index is 0.0150. The van der Waals surface area contributed by atoms with Gasteiger partial charge in [-0.3, -0.25) is 9.59 Å². The van der Waals surface area contributed by atoms with Crippen LogP contribution < -0.4 is 0 Å². The lowest BCUT2D eigenvalue weighted by molar-refractivity contribution is -0.143. The number of amides is 2. The molecule has 0 bridgehead atoms. The number of hydrogen-bond donors (Lipinski definition) is 0. The van der Waals surface area contributed by atoms with E-state index in [0.29, 0.717) is 38.0 Å². The summed E-state index contributed by atoms with van der Waals surface area (Å²) in [7, 11) is 0. The van der Waals surface area contributed by atoms with Crippen molar-refractivity contribution in [2.24, 2.45) is 17.8 Å². The molecule has 2 amide bonds. The van der Waals surface area contributed by atoms with Gasteiger partial charge in [0.1, 0.15) is 0 Å². The quantitative estimate of drug-likeness (QED) is 0.456. The van der Waals surface area contributed by atoms with Gasteiger partial charge in [-0.05, 0) is 35.6 Å². The number of halogens is 1. The summed E-state index contributed by atoms with van der Waals surface area (Å²) >= 11 is 6.36. The summed E-state index contributed by atoms with van der Waals surface area (Å²) in [5, 5.41) is 0.735. The fourth-order valence-electron chi connectivity index (χ4n) is 3.75. The molecule has 32 heavy (non-hydrogen) atoms. The number of carbonyl (C=O) groups excluding carboxylic acids is 2. The van der Waals surface area contributed by atoms with Gasteiger partial charge in [-0.15, -0.1) is 0 Å². The lowest BCUT2D eigenvalue weighted by atomic mass is 10.1. The van der Waals surface area contributed by atoms with Crippen LogP contribution >= 0.6 is 11.6 Å². The van der Waals surface area contributed by atoms with E-state index < -0.39 is 0 Å². The van der Waals surface area contributed by atoms with E-state index in [4.69, 9.17) is 11.6 Å². The van der Waals surface area contributed by atoms with Crippen molar-refractivity contribution in [1.82, 2.24) is 14.4 Å². The van der Waals surface area contributed by atoms with Crippen molar-refractivity contribution in [2.75, 3.05) is 19.6 Å². The third-order valence-corrected chi connectivity index (χ3v) is 5.60. The van der Waals surface area contributed by atoms with Crippen molar-refractivity contribution in [1.29, 1.82) is 0 Å². The third-order valence-electron chi connectivity index (χ3n) is 5.23. The Hall–Kier alpha value is -2.27. The van der Waals surface area contributed by atoms with Crippen LogP contribution in [0.15, 0.2) is 42.6 Å². The Labute approximate surface area is 198 Å². The zero-order chi connectivity index (χ0) is 23.8. The van der Waals surface area contributed by atoms with Crippen LogP contribution in [0.25, 0.3) is 0 Å². The molecular formula is C26H38ClN3O2. The second kappa shape index (κ2) is 12.1. The summed E-state index contributed by atoms with van der Waals surface area (Å²) in [6.07, 6.45) is 2.02. The summed E-state index contributed by atoms with van der Waals surface area (Å²) in [5.41, 5.74) is 2.09. The summed E-state index contributed by atoms with van der Waals surface area (Å²) in [4.78, 5) is 29.6. The zero-order valence-corrected chi connectivity index (χ0v) is 21.1. The predicted octanol–water partition coefficient (Wildman–Crippen LogP) is 5.32.